The number of benzene rings is 2. The monoisotopic (exact) mass is 805 g/mol. The number of nitrogens with zero attached hydrogens (tertiary/aromatic N) is 7. The predicted octanol–water partition coefficient (Wildman–Crippen LogP) is 3.56. The lowest BCUT2D eigenvalue weighted by atomic mass is 9.93. The standard InChI is InChI=1S/C42H44ClN9O6/c43-34-18-31(5-1-24(34)19-44)58-30-6-2-27(3-7-30)47-39(54)35-20-46-37(21-45-35)50-13-11-49(12-14-50)29-15-25-22-51(23-26(25)16-29)28-4-8-32-33(17-28)42(57)52(41(32)56)36-9-10-38(53)48-40(36)55/h1,4-5,8,17-18,20-21,25-27,29-30,36H,2-3,6-7,9-16,22-23H2,(H,47,54)(H,48,53,55)/t25-,26+,27?,29?,30?,36?. The van der Waals surface area contributed by atoms with Gasteiger partial charge >= 0.3 is 0 Å². The number of nitrogens with one attached hydrogen (secondary N) is 2. The zero-order valence-electron chi connectivity index (χ0n) is 31.9. The summed E-state index contributed by atoms with van der Waals surface area (Å²) in [5.74, 6) is 0.293. The third-order valence-corrected chi connectivity index (χ3v) is 13.2. The summed E-state index contributed by atoms with van der Waals surface area (Å²) in [5, 5.41) is 14.8. The van der Waals surface area contributed by atoms with Crippen LogP contribution in [0.25, 0.3) is 0 Å². The largest absolute Gasteiger partial charge is 0.490 e. The molecule has 2 unspecified atom stereocenters. The van der Waals surface area contributed by atoms with E-state index in [9.17, 15) is 24.0 Å². The van der Waals surface area contributed by atoms with Gasteiger partial charge in [-0.05, 0) is 87.1 Å². The maximum atomic E-state index is 13.4. The number of carbonyl (C=O) groups excluding carboxylic acids is 5. The van der Waals surface area contributed by atoms with E-state index in [4.69, 9.17) is 21.6 Å². The van der Waals surface area contributed by atoms with Crippen LogP contribution >= 0.6 is 11.6 Å². The lowest BCUT2D eigenvalue weighted by Crippen LogP contribution is -2.54. The zero-order chi connectivity index (χ0) is 40.1. The second-order valence-corrected chi connectivity index (χ2v) is 16.7. The number of rotatable bonds is 8. The van der Waals surface area contributed by atoms with E-state index in [1.807, 2.05) is 6.07 Å². The molecule has 0 spiro atoms. The van der Waals surface area contributed by atoms with Gasteiger partial charge in [0.1, 0.15) is 29.4 Å². The Balaban J connectivity index is 0.717. The molecule has 3 aromatic rings. The molecule has 3 saturated heterocycles. The maximum absolute atomic E-state index is 13.4. The molecule has 5 fully saturated rings. The molecular formula is C42H44ClN9O6. The minimum atomic E-state index is -0.973. The van der Waals surface area contributed by atoms with Crippen LogP contribution < -0.4 is 25.2 Å². The molecular weight excluding hydrogens is 762 g/mol. The highest BCUT2D eigenvalue weighted by atomic mass is 35.5. The van der Waals surface area contributed by atoms with Crippen LogP contribution in [0, 0.1) is 23.2 Å². The van der Waals surface area contributed by atoms with Crippen molar-refractivity contribution in [3.05, 3.63) is 76.2 Å². The molecule has 4 atom stereocenters. The smallest absolute Gasteiger partial charge is 0.271 e. The molecule has 0 bridgehead atoms. The average molecular weight is 806 g/mol. The average Bonchev–Trinajstić information content (AvgIpc) is 3.89. The number of hydrogen-bond donors (Lipinski definition) is 2. The van der Waals surface area contributed by atoms with Crippen molar-refractivity contribution in [2.24, 2.45) is 11.8 Å². The molecule has 300 valence electrons. The van der Waals surface area contributed by atoms with E-state index in [1.165, 1.54) is 0 Å². The molecule has 0 radical (unpaired) electrons. The topological polar surface area (TPSA) is 181 Å². The van der Waals surface area contributed by atoms with Crippen LogP contribution in [0.5, 0.6) is 5.75 Å². The molecule has 2 N–H and O–H groups in total. The Kier molecular flexibility index (Phi) is 10.2. The Labute approximate surface area is 340 Å². The fourth-order valence-corrected chi connectivity index (χ4v) is 10.00. The first-order chi connectivity index (χ1) is 28.1. The van der Waals surface area contributed by atoms with Gasteiger partial charge in [-0.3, -0.25) is 39.1 Å². The van der Waals surface area contributed by atoms with Crippen molar-refractivity contribution < 1.29 is 28.7 Å². The quantitative estimate of drug-likeness (QED) is 0.317. The molecule has 2 aromatic carbocycles. The van der Waals surface area contributed by atoms with Crippen molar-refractivity contribution in [1.29, 1.82) is 5.26 Å². The highest BCUT2D eigenvalue weighted by molar-refractivity contribution is 6.31. The van der Waals surface area contributed by atoms with Gasteiger partial charge in [-0.25, -0.2) is 9.97 Å². The Morgan fingerprint density at radius 1 is 0.862 bits per heavy atom. The molecule has 4 aliphatic heterocycles. The third kappa shape index (κ3) is 7.35. The van der Waals surface area contributed by atoms with Crippen LogP contribution in [0.2, 0.25) is 5.02 Å². The molecule has 5 heterocycles. The van der Waals surface area contributed by atoms with Gasteiger partial charge in [-0.1, -0.05) is 11.6 Å². The van der Waals surface area contributed by atoms with E-state index < -0.39 is 29.7 Å². The summed E-state index contributed by atoms with van der Waals surface area (Å²) in [6.45, 7) is 5.28. The Hall–Kier alpha value is -5.59. The highest BCUT2D eigenvalue weighted by Crippen LogP contribution is 2.43. The summed E-state index contributed by atoms with van der Waals surface area (Å²) in [7, 11) is 0. The zero-order valence-corrected chi connectivity index (χ0v) is 32.7. The van der Waals surface area contributed by atoms with Gasteiger partial charge in [-0.15, -0.1) is 0 Å². The van der Waals surface area contributed by atoms with Crippen LogP contribution in [0.1, 0.15) is 88.1 Å². The maximum Gasteiger partial charge on any atom is 0.271 e. The van der Waals surface area contributed by atoms with Gasteiger partial charge in [0.2, 0.25) is 11.8 Å². The molecule has 16 heteroatoms. The summed E-state index contributed by atoms with van der Waals surface area (Å²) in [6, 6.07) is 12.1. The number of amides is 5. The first-order valence-electron chi connectivity index (χ1n) is 20.2. The number of piperazine rings is 1. The lowest BCUT2D eigenvalue weighted by Gasteiger charge is -2.39. The van der Waals surface area contributed by atoms with Crippen LogP contribution in [0.4, 0.5) is 11.5 Å². The van der Waals surface area contributed by atoms with Crippen LogP contribution in [-0.4, -0.2) is 113 Å². The van der Waals surface area contributed by atoms with E-state index in [-0.39, 0.29) is 30.9 Å². The van der Waals surface area contributed by atoms with Gasteiger partial charge in [0.25, 0.3) is 17.7 Å². The molecule has 58 heavy (non-hydrogen) atoms. The summed E-state index contributed by atoms with van der Waals surface area (Å²) in [4.78, 5) is 80.9. The lowest BCUT2D eigenvalue weighted by molar-refractivity contribution is -0.136. The van der Waals surface area contributed by atoms with Crippen molar-refractivity contribution in [3.63, 3.8) is 0 Å². The fraction of sp³-hybridized carbons (Fsp3) is 0.476. The van der Waals surface area contributed by atoms with Crippen molar-refractivity contribution in [3.8, 4) is 11.8 Å². The second-order valence-electron chi connectivity index (χ2n) is 16.3. The Morgan fingerprint density at radius 2 is 1.60 bits per heavy atom. The SMILES string of the molecule is N#Cc1ccc(OC2CCC(NC(=O)c3cnc(N4CCN(C5C[C@@H]6CN(c7ccc8c(c7)C(=O)N(C7CCC(=O)NC7=O)C8=O)C[C@@H]6C5)CC4)cn3)CC2)cc1Cl. The third-order valence-electron chi connectivity index (χ3n) is 12.9. The fourth-order valence-electron chi connectivity index (χ4n) is 9.79. The molecule has 1 aromatic heterocycles. The molecule has 15 nitrogen and oxygen atoms in total. The second kappa shape index (κ2) is 15.6. The summed E-state index contributed by atoms with van der Waals surface area (Å²) >= 11 is 6.15. The number of nitriles is 1. The van der Waals surface area contributed by atoms with Crippen LogP contribution in [-0.2, 0) is 9.59 Å². The summed E-state index contributed by atoms with van der Waals surface area (Å²) < 4.78 is 6.08. The van der Waals surface area contributed by atoms with Crippen LogP contribution in [0.3, 0.4) is 0 Å². The van der Waals surface area contributed by atoms with Crippen molar-refractivity contribution in [2.45, 2.75) is 75.6 Å². The van der Waals surface area contributed by atoms with Crippen molar-refractivity contribution in [1.82, 2.24) is 30.4 Å². The predicted molar refractivity (Wildman–Crippen MR) is 211 cm³/mol. The van der Waals surface area contributed by atoms with Gasteiger partial charge in [0, 0.05) is 69.5 Å². The van der Waals surface area contributed by atoms with Gasteiger partial charge in [0.05, 0.1) is 40.2 Å². The number of anilines is 2. The van der Waals surface area contributed by atoms with Crippen molar-refractivity contribution in [2.75, 3.05) is 49.1 Å². The van der Waals surface area contributed by atoms with Gasteiger partial charge in [-0.2, -0.15) is 5.26 Å². The summed E-state index contributed by atoms with van der Waals surface area (Å²) in [5.41, 5.74) is 2.24. The minimum absolute atomic E-state index is 0.0181. The number of carbonyl (C=O) groups is 5. The molecule has 6 aliphatic rings. The Bertz CT molecular complexity index is 2180. The minimum Gasteiger partial charge on any atom is -0.490 e. The number of aromatic nitrogens is 2. The van der Waals surface area contributed by atoms with Gasteiger partial charge < -0.3 is 19.9 Å². The first kappa shape index (κ1) is 38.0. The molecule has 2 aliphatic carbocycles. The number of fused-ring (bicyclic) bond motifs is 2. The van der Waals surface area contributed by atoms with Crippen molar-refractivity contribution >= 4 is 52.6 Å². The van der Waals surface area contributed by atoms with E-state index in [0.29, 0.717) is 51.0 Å². The van der Waals surface area contributed by atoms with E-state index in [0.717, 1.165) is 94.2 Å². The Morgan fingerprint density at radius 3 is 2.28 bits per heavy atom. The number of ether oxygens (including phenoxy) is 1. The summed E-state index contributed by atoms with van der Waals surface area (Å²) in [6.07, 6.45) is 8.87. The number of halogens is 1. The van der Waals surface area contributed by atoms with Gasteiger partial charge in [0.15, 0.2) is 0 Å². The normalized spacial score (nSPS) is 27.3. The molecule has 9 rings (SSSR count). The molecule has 2 saturated carbocycles. The number of hydrogen-bond acceptors (Lipinski definition) is 12. The number of piperidine rings is 1. The highest BCUT2D eigenvalue weighted by Gasteiger charge is 2.46. The van der Waals surface area contributed by atoms with Crippen LogP contribution in [0.15, 0.2) is 48.8 Å². The van der Waals surface area contributed by atoms with E-state index >= 15 is 0 Å². The molecule has 5 amide bonds. The van der Waals surface area contributed by atoms with E-state index in [2.05, 4.69) is 41.4 Å². The van der Waals surface area contributed by atoms with E-state index in [1.54, 1.807) is 42.7 Å². The first-order valence-corrected chi connectivity index (χ1v) is 20.6. The number of imide groups is 2.